The number of nitrogens with one attached hydrogen (secondary N) is 1. The molecule has 0 aliphatic heterocycles. The molecule has 0 saturated carbocycles. The third-order valence-corrected chi connectivity index (χ3v) is 3.83. The highest BCUT2D eigenvalue weighted by Gasteiger charge is 2.12. The van der Waals surface area contributed by atoms with E-state index in [0.29, 0.717) is 28.1 Å². The van der Waals surface area contributed by atoms with Gasteiger partial charge in [-0.05, 0) is 46.6 Å². The van der Waals surface area contributed by atoms with Crippen molar-refractivity contribution < 1.29 is 19.2 Å². The molecule has 0 unspecified atom stereocenters. The van der Waals surface area contributed by atoms with Gasteiger partial charge in [0.2, 0.25) is 0 Å². The molecular weight excluding hydrogens is 406 g/mol. The number of carbonyl (C=O) groups excluding carboxylic acids is 1. The number of nitro groups is 1. The molecule has 1 amide bonds. The quantitative estimate of drug-likeness (QED) is 0.418. The van der Waals surface area contributed by atoms with Crippen molar-refractivity contribution in [2.75, 3.05) is 13.7 Å². The van der Waals surface area contributed by atoms with E-state index in [4.69, 9.17) is 9.47 Å². The Kier molecular flexibility index (Phi) is 6.67. The summed E-state index contributed by atoms with van der Waals surface area (Å²) in [6.07, 6.45) is 1.43. The number of halogens is 1. The highest BCUT2D eigenvalue weighted by Crippen LogP contribution is 2.36. The Morgan fingerprint density at radius 3 is 2.81 bits per heavy atom. The van der Waals surface area contributed by atoms with Gasteiger partial charge in [-0.15, -0.1) is 0 Å². The van der Waals surface area contributed by atoms with E-state index < -0.39 is 10.8 Å². The summed E-state index contributed by atoms with van der Waals surface area (Å²) in [4.78, 5) is 22.2. The van der Waals surface area contributed by atoms with Crippen molar-refractivity contribution in [1.82, 2.24) is 5.43 Å². The maximum Gasteiger partial charge on any atom is 0.271 e. The van der Waals surface area contributed by atoms with Crippen LogP contribution in [-0.2, 0) is 0 Å². The second-order valence-electron chi connectivity index (χ2n) is 4.97. The van der Waals surface area contributed by atoms with Gasteiger partial charge in [-0.1, -0.05) is 6.07 Å². The number of benzene rings is 2. The minimum atomic E-state index is -0.566. The average molecular weight is 422 g/mol. The van der Waals surface area contributed by atoms with E-state index in [0.717, 1.165) is 0 Å². The number of ether oxygens (including phenoxy) is 2. The van der Waals surface area contributed by atoms with Gasteiger partial charge in [-0.2, -0.15) is 5.10 Å². The molecule has 9 heteroatoms. The van der Waals surface area contributed by atoms with Crippen LogP contribution in [0.25, 0.3) is 0 Å². The van der Waals surface area contributed by atoms with Gasteiger partial charge in [0.15, 0.2) is 11.5 Å². The van der Waals surface area contributed by atoms with E-state index in [9.17, 15) is 14.9 Å². The number of carbonyl (C=O) groups is 1. The van der Waals surface area contributed by atoms with E-state index in [1.54, 1.807) is 12.1 Å². The molecule has 0 atom stereocenters. The molecule has 2 aromatic rings. The van der Waals surface area contributed by atoms with Gasteiger partial charge in [-0.3, -0.25) is 14.9 Å². The van der Waals surface area contributed by atoms with Crippen molar-refractivity contribution in [2.24, 2.45) is 5.10 Å². The number of nitro benzene ring substituents is 1. The van der Waals surface area contributed by atoms with Gasteiger partial charge in [0.05, 0.1) is 29.3 Å². The smallest absolute Gasteiger partial charge is 0.271 e. The zero-order valence-electron chi connectivity index (χ0n) is 14.1. The molecule has 0 bridgehead atoms. The third kappa shape index (κ3) is 4.79. The van der Waals surface area contributed by atoms with Crippen LogP contribution in [0.4, 0.5) is 5.69 Å². The molecular formula is C17H16BrN3O5. The molecule has 26 heavy (non-hydrogen) atoms. The fraction of sp³-hybridized carbons (Fsp3) is 0.176. The number of rotatable bonds is 7. The minimum Gasteiger partial charge on any atom is -0.493 e. The lowest BCUT2D eigenvalue weighted by atomic mass is 10.2. The monoisotopic (exact) mass is 421 g/mol. The fourth-order valence-electron chi connectivity index (χ4n) is 2.09. The largest absolute Gasteiger partial charge is 0.493 e. The SMILES string of the molecule is CCOc1c(Br)cc(/C=N/NC(=O)c2cccc([N+](=O)[O-])c2)cc1OC. The summed E-state index contributed by atoms with van der Waals surface area (Å²) in [5.41, 5.74) is 2.97. The van der Waals surface area contributed by atoms with Gasteiger partial charge in [0, 0.05) is 17.7 Å². The maximum absolute atomic E-state index is 12.0. The summed E-state index contributed by atoms with van der Waals surface area (Å²) in [5.74, 6) is 0.544. The summed E-state index contributed by atoms with van der Waals surface area (Å²) in [7, 11) is 1.52. The second kappa shape index (κ2) is 8.95. The van der Waals surface area contributed by atoms with Gasteiger partial charge in [0.1, 0.15) is 0 Å². The highest BCUT2D eigenvalue weighted by molar-refractivity contribution is 9.10. The second-order valence-corrected chi connectivity index (χ2v) is 5.83. The van der Waals surface area contributed by atoms with Crippen LogP contribution in [0.5, 0.6) is 11.5 Å². The van der Waals surface area contributed by atoms with E-state index in [2.05, 4.69) is 26.5 Å². The first-order valence-corrected chi connectivity index (χ1v) is 8.33. The molecule has 0 fully saturated rings. The van der Waals surface area contributed by atoms with Crippen LogP contribution in [0.3, 0.4) is 0 Å². The van der Waals surface area contributed by atoms with Crippen molar-refractivity contribution in [3.05, 3.63) is 62.1 Å². The number of nitrogens with zero attached hydrogens (tertiary/aromatic N) is 2. The Morgan fingerprint density at radius 2 is 2.15 bits per heavy atom. The average Bonchev–Trinajstić information content (AvgIpc) is 2.63. The van der Waals surface area contributed by atoms with Crippen molar-refractivity contribution in [3.63, 3.8) is 0 Å². The summed E-state index contributed by atoms with van der Waals surface area (Å²) < 4.78 is 11.5. The van der Waals surface area contributed by atoms with Crippen molar-refractivity contribution in [2.45, 2.75) is 6.92 Å². The van der Waals surface area contributed by atoms with Crippen molar-refractivity contribution in [3.8, 4) is 11.5 Å². The first-order chi connectivity index (χ1) is 12.5. The third-order valence-electron chi connectivity index (χ3n) is 3.24. The number of non-ortho nitro benzene ring substituents is 1. The van der Waals surface area contributed by atoms with Crippen LogP contribution in [0.15, 0.2) is 46.0 Å². The van der Waals surface area contributed by atoms with Crippen LogP contribution in [0.1, 0.15) is 22.8 Å². The lowest BCUT2D eigenvalue weighted by molar-refractivity contribution is -0.384. The Morgan fingerprint density at radius 1 is 1.38 bits per heavy atom. The predicted molar refractivity (Wildman–Crippen MR) is 100 cm³/mol. The molecule has 0 aliphatic carbocycles. The van der Waals surface area contributed by atoms with E-state index >= 15 is 0 Å². The zero-order chi connectivity index (χ0) is 19.1. The molecule has 136 valence electrons. The Balaban J connectivity index is 2.13. The predicted octanol–water partition coefficient (Wildman–Crippen LogP) is 3.53. The number of amides is 1. The lowest BCUT2D eigenvalue weighted by Gasteiger charge is -2.11. The topological polar surface area (TPSA) is 103 Å². The van der Waals surface area contributed by atoms with Crippen LogP contribution < -0.4 is 14.9 Å². The number of methoxy groups -OCH3 is 1. The molecule has 2 rings (SSSR count). The maximum atomic E-state index is 12.0. The molecule has 0 radical (unpaired) electrons. The summed E-state index contributed by atoms with van der Waals surface area (Å²) in [5, 5.41) is 14.6. The molecule has 0 aliphatic rings. The Labute approximate surface area is 158 Å². The van der Waals surface area contributed by atoms with Gasteiger partial charge in [0.25, 0.3) is 11.6 Å². The first-order valence-electron chi connectivity index (χ1n) is 7.54. The zero-order valence-corrected chi connectivity index (χ0v) is 15.6. The molecule has 0 saturated heterocycles. The van der Waals surface area contributed by atoms with Gasteiger partial charge in [-0.25, -0.2) is 5.43 Å². The Bertz CT molecular complexity index is 854. The minimum absolute atomic E-state index is 0.141. The number of hydrogen-bond donors (Lipinski definition) is 1. The van der Waals surface area contributed by atoms with Crippen molar-refractivity contribution in [1.29, 1.82) is 0 Å². The van der Waals surface area contributed by atoms with Crippen LogP contribution in [0.2, 0.25) is 0 Å². The van der Waals surface area contributed by atoms with E-state index in [1.165, 1.54) is 37.6 Å². The number of hydrazone groups is 1. The van der Waals surface area contributed by atoms with Gasteiger partial charge >= 0.3 is 0 Å². The fourth-order valence-corrected chi connectivity index (χ4v) is 2.66. The molecule has 8 nitrogen and oxygen atoms in total. The van der Waals surface area contributed by atoms with E-state index in [1.807, 2.05) is 6.92 Å². The van der Waals surface area contributed by atoms with Crippen LogP contribution in [0, 0.1) is 10.1 Å². The van der Waals surface area contributed by atoms with Crippen LogP contribution >= 0.6 is 15.9 Å². The van der Waals surface area contributed by atoms with Gasteiger partial charge < -0.3 is 9.47 Å². The molecule has 1 N–H and O–H groups in total. The Hall–Kier alpha value is -2.94. The molecule has 0 heterocycles. The molecule has 2 aromatic carbocycles. The van der Waals surface area contributed by atoms with Crippen molar-refractivity contribution >= 4 is 33.7 Å². The number of hydrogen-bond acceptors (Lipinski definition) is 6. The summed E-state index contributed by atoms with van der Waals surface area (Å²) in [6.45, 7) is 2.35. The highest BCUT2D eigenvalue weighted by atomic mass is 79.9. The van der Waals surface area contributed by atoms with Crippen LogP contribution in [-0.4, -0.2) is 30.8 Å². The first kappa shape index (κ1) is 19.4. The normalized spacial score (nSPS) is 10.6. The summed E-state index contributed by atoms with van der Waals surface area (Å²) >= 11 is 3.40. The molecule has 0 spiro atoms. The lowest BCUT2D eigenvalue weighted by Crippen LogP contribution is -2.17. The molecule has 0 aromatic heterocycles. The van der Waals surface area contributed by atoms with E-state index in [-0.39, 0.29) is 11.3 Å². The standard InChI is InChI=1S/C17H16BrN3O5/c1-3-26-16-14(18)7-11(8-15(16)25-2)10-19-20-17(22)12-5-4-6-13(9-12)21(23)24/h4-10H,3H2,1-2H3,(H,20,22)/b19-10+. The summed E-state index contributed by atoms with van der Waals surface area (Å²) in [6, 6.07) is 8.86.